The van der Waals surface area contributed by atoms with Crippen LogP contribution in [-0.4, -0.2) is 31.8 Å². The number of carbonyl (C=O) groups excluding carboxylic acids is 2. The lowest BCUT2D eigenvalue weighted by Crippen LogP contribution is -2.30. The molecule has 7 heterocycles. The number of hydrogen-bond donors (Lipinski definition) is 2. The van der Waals surface area contributed by atoms with E-state index in [9.17, 15) is 9.59 Å². The highest BCUT2D eigenvalue weighted by molar-refractivity contribution is 6.11. The van der Waals surface area contributed by atoms with Crippen molar-refractivity contribution in [2.75, 3.05) is 20.4 Å². The number of benzene rings is 3. The van der Waals surface area contributed by atoms with Crippen LogP contribution in [0.2, 0.25) is 0 Å². The Bertz CT molecular complexity index is 2900. The monoisotopic (exact) mass is 788 g/mol. The summed E-state index contributed by atoms with van der Waals surface area (Å²) >= 11 is 0. The maximum Gasteiger partial charge on any atom is 0.260 e. The number of amides is 2. The van der Waals surface area contributed by atoms with E-state index in [-0.39, 0.29) is 11.8 Å². The number of pyridine rings is 5. The Morgan fingerprint density at radius 1 is 0.533 bits per heavy atom. The largest absolute Gasteiger partial charge is 0.457 e. The second kappa shape index (κ2) is 15.5. The molecule has 0 unspecified atom stereocenters. The Kier molecular flexibility index (Phi) is 9.27. The zero-order valence-electron chi connectivity index (χ0n) is 31.8. The summed E-state index contributed by atoms with van der Waals surface area (Å²) in [6.07, 6.45) is 15.6. The van der Waals surface area contributed by atoms with Crippen LogP contribution < -0.4 is 34.5 Å². The van der Waals surface area contributed by atoms with Gasteiger partial charge in [-0.15, -0.1) is 0 Å². The first-order valence-corrected chi connectivity index (χ1v) is 19.1. The summed E-state index contributed by atoms with van der Waals surface area (Å²) < 4.78 is 14.2. The zero-order valence-corrected chi connectivity index (χ0v) is 31.8. The summed E-state index contributed by atoms with van der Waals surface area (Å²) in [5.41, 5.74) is 7.93. The quantitative estimate of drug-likeness (QED) is 0.122. The lowest BCUT2D eigenvalue weighted by atomic mass is 10.1. The van der Waals surface area contributed by atoms with Crippen LogP contribution in [0.3, 0.4) is 0 Å². The van der Waals surface area contributed by atoms with Gasteiger partial charge < -0.3 is 25.0 Å². The van der Waals surface area contributed by atoms with Crippen LogP contribution in [0.15, 0.2) is 171 Å². The Hall–Kier alpha value is -8.45. The van der Waals surface area contributed by atoms with Gasteiger partial charge in [0.2, 0.25) is 0 Å². The van der Waals surface area contributed by atoms with Crippen molar-refractivity contribution in [2.45, 2.75) is 13.1 Å². The van der Waals surface area contributed by atoms with Gasteiger partial charge >= 0.3 is 0 Å². The maximum absolute atomic E-state index is 13.7. The molecule has 0 atom stereocenters. The molecule has 2 amide bonds. The first-order chi connectivity index (χ1) is 29.5. The van der Waals surface area contributed by atoms with Crippen LogP contribution in [0.25, 0.3) is 5.69 Å². The molecule has 0 fully saturated rings. The molecule has 5 aromatic heterocycles. The molecular formula is C47H34N9O4+. The van der Waals surface area contributed by atoms with Crippen LogP contribution in [0.4, 0.5) is 34.3 Å². The molecule has 8 aromatic rings. The van der Waals surface area contributed by atoms with Crippen LogP contribution in [-0.2, 0) is 13.1 Å². The molecule has 13 nitrogen and oxygen atoms in total. The molecule has 0 bridgehead atoms. The maximum atomic E-state index is 13.7. The summed E-state index contributed by atoms with van der Waals surface area (Å²) in [6, 6.07) is 35.6. The minimum Gasteiger partial charge on any atom is -0.457 e. The second-order valence-electron chi connectivity index (χ2n) is 14.1. The number of carbonyl (C=O) groups is 2. The molecule has 0 saturated heterocycles. The van der Waals surface area contributed by atoms with E-state index in [4.69, 9.17) is 9.47 Å². The number of fused-ring (bicyclic) bond motifs is 2. The lowest BCUT2D eigenvalue weighted by molar-refractivity contribution is -0.595. The topological polar surface area (TPSA) is 139 Å². The molecule has 2 N–H and O–H groups in total. The van der Waals surface area contributed by atoms with Crippen LogP contribution >= 0.6 is 0 Å². The van der Waals surface area contributed by atoms with Gasteiger partial charge in [0, 0.05) is 95.3 Å². The Morgan fingerprint density at radius 2 is 1.15 bits per heavy atom. The molecule has 0 radical (unpaired) electrons. The SMILES string of the molecule is O=C1c2cc(Nc3ccncc3)ccc2CN1c1cccc(Oc2cc[n+](-c3cnccc3Nc3ccc4c(c3)C(=O)N(c3cc(Oc5ccncc5)ccn3)C4)cc2)c1. The van der Waals surface area contributed by atoms with Crippen LogP contribution in [0.5, 0.6) is 23.0 Å². The zero-order chi connectivity index (χ0) is 40.4. The van der Waals surface area contributed by atoms with Crippen molar-refractivity contribution in [1.29, 1.82) is 0 Å². The highest BCUT2D eigenvalue weighted by Crippen LogP contribution is 2.35. The fourth-order valence-corrected chi connectivity index (χ4v) is 7.25. The highest BCUT2D eigenvalue weighted by Gasteiger charge is 2.31. The number of ether oxygens (including phenoxy) is 2. The molecule has 10 rings (SSSR count). The first-order valence-electron chi connectivity index (χ1n) is 19.1. The molecule has 0 aliphatic carbocycles. The minimum atomic E-state index is -0.145. The number of nitrogens with one attached hydrogen (secondary N) is 2. The highest BCUT2D eigenvalue weighted by atomic mass is 16.5. The van der Waals surface area contributed by atoms with Gasteiger partial charge in [-0.3, -0.25) is 29.4 Å². The fourth-order valence-electron chi connectivity index (χ4n) is 7.25. The van der Waals surface area contributed by atoms with Crippen LogP contribution in [0, 0.1) is 0 Å². The van der Waals surface area contributed by atoms with Crippen molar-refractivity contribution in [3.05, 3.63) is 193 Å². The van der Waals surface area contributed by atoms with Crippen molar-refractivity contribution < 1.29 is 23.6 Å². The third-order valence-corrected chi connectivity index (χ3v) is 10.2. The van der Waals surface area contributed by atoms with E-state index >= 15 is 0 Å². The summed E-state index contributed by atoms with van der Waals surface area (Å²) in [5.74, 6) is 2.72. The number of rotatable bonds is 11. The van der Waals surface area contributed by atoms with E-state index in [0.29, 0.717) is 53.0 Å². The van der Waals surface area contributed by atoms with E-state index in [1.165, 1.54) is 0 Å². The lowest BCUT2D eigenvalue weighted by Gasteiger charge is -2.17. The predicted octanol–water partition coefficient (Wildman–Crippen LogP) is 8.94. The van der Waals surface area contributed by atoms with E-state index in [1.54, 1.807) is 77.4 Å². The smallest absolute Gasteiger partial charge is 0.260 e. The van der Waals surface area contributed by atoms with Gasteiger partial charge in [-0.1, -0.05) is 18.2 Å². The van der Waals surface area contributed by atoms with Gasteiger partial charge in [-0.2, -0.15) is 4.57 Å². The van der Waals surface area contributed by atoms with E-state index in [2.05, 4.69) is 30.6 Å². The molecule has 60 heavy (non-hydrogen) atoms. The van der Waals surface area contributed by atoms with Crippen molar-refractivity contribution in [1.82, 2.24) is 19.9 Å². The van der Waals surface area contributed by atoms with E-state index in [1.807, 2.05) is 108 Å². The number of aromatic nitrogens is 5. The Labute approximate surface area is 344 Å². The summed E-state index contributed by atoms with van der Waals surface area (Å²) in [5, 5.41) is 6.82. The third-order valence-electron chi connectivity index (χ3n) is 10.2. The number of anilines is 6. The van der Waals surface area contributed by atoms with E-state index < -0.39 is 0 Å². The molecule has 2 aliphatic heterocycles. The number of nitrogens with zero attached hydrogens (tertiary/aromatic N) is 7. The summed E-state index contributed by atoms with van der Waals surface area (Å²) in [7, 11) is 0. The molecule has 2 aliphatic rings. The molecule has 0 spiro atoms. The first kappa shape index (κ1) is 35.9. The third kappa shape index (κ3) is 7.29. The predicted molar refractivity (Wildman–Crippen MR) is 226 cm³/mol. The molecule has 13 heteroatoms. The number of hydrogen-bond acceptors (Lipinski definition) is 10. The Morgan fingerprint density at radius 3 is 1.90 bits per heavy atom. The van der Waals surface area contributed by atoms with E-state index in [0.717, 1.165) is 45.3 Å². The van der Waals surface area contributed by atoms with Gasteiger partial charge in [0.15, 0.2) is 12.4 Å². The summed E-state index contributed by atoms with van der Waals surface area (Å²) in [4.78, 5) is 47.6. The van der Waals surface area contributed by atoms with Crippen LogP contribution in [0.1, 0.15) is 31.8 Å². The molecule has 290 valence electrons. The minimum absolute atomic E-state index is 0.0673. The summed E-state index contributed by atoms with van der Waals surface area (Å²) in [6.45, 7) is 0.864. The molecule has 3 aromatic carbocycles. The van der Waals surface area contributed by atoms with Gasteiger partial charge in [0.1, 0.15) is 40.7 Å². The average molecular weight is 789 g/mol. The average Bonchev–Trinajstić information content (AvgIpc) is 3.80. The van der Waals surface area contributed by atoms with Gasteiger partial charge in [-0.05, 0) is 83.9 Å². The van der Waals surface area contributed by atoms with Crippen molar-refractivity contribution >= 4 is 46.1 Å². The molecular weight excluding hydrogens is 755 g/mol. The normalized spacial score (nSPS) is 12.9. The standard InChI is InChI=1S/C47H34N9O4/c57-46-41-24-34(52-33-8-16-48-17-9-33)6-4-31(41)29-55(46)36-2-1-3-39(26-36)60-38-14-22-54(23-15-38)44-28-50-20-13-43(44)53-35-7-5-32-30-56(47(58)42(32)25-35)45-27-40(12-21-51-45)59-37-10-18-49-19-11-37/h1-28H,29-30H2,(H,48,52)(H,50,53)/q+1. The van der Waals surface area contributed by atoms with Gasteiger partial charge in [0.25, 0.3) is 17.5 Å². The Balaban J connectivity index is 0.807. The van der Waals surface area contributed by atoms with Crippen molar-refractivity contribution in [3.63, 3.8) is 0 Å². The molecule has 0 saturated carbocycles. The van der Waals surface area contributed by atoms with Crippen molar-refractivity contribution in [3.8, 4) is 28.7 Å². The van der Waals surface area contributed by atoms with Gasteiger partial charge in [-0.25, -0.2) is 4.98 Å². The fraction of sp³-hybridized carbons (Fsp3) is 0.0426. The van der Waals surface area contributed by atoms with Crippen molar-refractivity contribution in [2.24, 2.45) is 0 Å². The second-order valence-corrected chi connectivity index (χ2v) is 14.1. The van der Waals surface area contributed by atoms with Gasteiger partial charge in [0.05, 0.1) is 13.1 Å².